The molecule has 2 atom stereocenters. The van der Waals surface area contributed by atoms with Gasteiger partial charge in [0, 0.05) is 31.9 Å². The largest absolute Gasteiger partial charge is 0.467 e. The molecule has 0 radical (unpaired) electrons. The molecular formula is C19H28FN3O3. The fourth-order valence-corrected chi connectivity index (χ4v) is 3.03. The maximum atomic E-state index is 13.0. The summed E-state index contributed by atoms with van der Waals surface area (Å²) in [5.41, 5.74) is 0.984. The van der Waals surface area contributed by atoms with E-state index in [4.69, 9.17) is 4.74 Å². The van der Waals surface area contributed by atoms with Gasteiger partial charge < -0.3 is 15.0 Å². The van der Waals surface area contributed by atoms with Gasteiger partial charge in [0.15, 0.2) is 0 Å². The van der Waals surface area contributed by atoms with Crippen molar-refractivity contribution in [3.63, 3.8) is 0 Å². The molecule has 1 fully saturated rings. The Bertz CT molecular complexity index is 601. The van der Waals surface area contributed by atoms with Gasteiger partial charge in [-0.1, -0.05) is 20.3 Å². The third kappa shape index (κ3) is 5.42. The Morgan fingerprint density at radius 2 is 1.81 bits per heavy atom. The van der Waals surface area contributed by atoms with Gasteiger partial charge >= 0.3 is 5.97 Å². The molecule has 1 N–H and O–H groups in total. The smallest absolute Gasteiger partial charge is 0.328 e. The van der Waals surface area contributed by atoms with Gasteiger partial charge in [-0.2, -0.15) is 0 Å². The Morgan fingerprint density at radius 1 is 1.19 bits per heavy atom. The Labute approximate surface area is 154 Å². The van der Waals surface area contributed by atoms with Crippen LogP contribution in [-0.2, 0) is 14.3 Å². The van der Waals surface area contributed by atoms with Gasteiger partial charge in [-0.25, -0.2) is 9.18 Å². The van der Waals surface area contributed by atoms with Crippen molar-refractivity contribution in [2.45, 2.75) is 26.3 Å². The molecular weight excluding hydrogens is 337 g/mol. The van der Waals surface area contributed by atoms with Gasteiger partial charge in [0.2, 0.25) is 5.91 Å². The number of carbonyl (C=O) groups excluding carboxylic acids is 2. The number of hydrogen-bond donors (Lipinski definition) is 1. The van der Waals surface area contributed by atoms with E-state index in [0.29, 0.717) is 0 Å². The fraction of sp³-hybridized carbons (Fsp3) is 0.579. The van der Waals surface area contributed by atoms with Crippen molar-refractivity contribution in [3.8, 4) is 0 Å². The molecule has 0 spiro atoms. The zero-order chi connectivity index (χ0) is 19.1. The lowest BCUT2D eigenvalue weighted by Gasteiger charge is -2.36. The zero-order valence-corrected chi connectivity index (χ0v) is 15.7. The molecule has 0 unspecified atom stereocenters. The highest BCUT2D eigenvalue weighted by Crippen LogP contribution is 2.17. The second kappa shape index (κ2) is 9.52. The number of nitrogens with zero attached hydrogens (tertiary/aromatic N) is 2. The van der Waals surface area contributed by atoms with Gasteiger partial charge in [0.25, 0.3) is 0 Å². The highest BCUT2D eigenvalue weighted by Gasteiger charge is 2.27. The van der Waals surface area contributed by atoms with Crippen molar-refractivity contribution >= 4 is 17.6 Å². The minimum Gasteiger partial charge on any atom is -0.467 e. The van der Waals surface area contributed by atoms with Crippen molar-refractivity contribution in [2.24, 2.45) is 5.92 Å². The van der Waals surface area contributed by atoms with E-state index in [1.54, 1.807) is 12.1 Å². The van der Waals surface area contributed by atoms with Crippen LogP contribution in [0.25, 0.3) is 0 Å². The summed E-state index contributed by atoms with van der Waals surface area (Å²) in [5.74, 6) is -0.808. The molecule has 0 bridgehead atoms. The number of hydrogen-bond acceptors (Lipinski definition) is 5. The SMILES string of the molecule is CC[C@H](C)[C@@H](NC(=O)CN1CCN(c2ccc(F)cc2)CC1)C(=O)OC. The van der Waals surface area contributed by atoms with E-state index in [2.05, 4.69) is 15.1 Å². The van der Waals surface area contributed by atoms with Crippen molar-refractivity contribution in [1.82, 2.24) is 10.2 Å². The van der Waals surface area contributed by atoms with E-state index in [1.165, 1.54) is 19.2 Å². The first-order chi connectivity index (χ1) is 12.4. The lowest BCUT2D eigenvalue weighted by Crippen LogP contribution is -2.52. The molecule has 0 saturated carbocycles. The third-order valence-corrected chi connectivity index (χ3v) is 4.92. The van der Waals surface area contributed by atoms with Gasteiger partial charge in [0.1, 0.15) is 11.9 Å². The van der Waals surface area contributed by atoms with E-state index in [-0.39, 0.29) is 24.2 Å². The molecule has 0 aromatic heterocycles. The normalized spacial score (nSPS) is 17.5. The van der Waals surface area contributed by atoms with E-state index in [0.717, 1.165) is 38.3 Å². The van der Waals surface area contributed by atoms with E-state index < -0.39 is 12.0 Å². The molecule has 0 aliphatic carbocycles. The summed E-state index contributed by atoms with van der Waals surface area (Å²) in [7, 11) is 1.33. The van der Waals surface area contributed by atoms with Crippen LogP contribution in [0.15, 0.2) is 24.3 Å². The molecule has 2 rings (SSSR count). The number of ether oxygens (including phenoxy) is 1. The predicted molar refractivity (Wildman–Crippen MR) is 98.5 cm³/mol. The van der Waals surface area contributed by atoms with Crippen LogP contribution in [0.2, 0.25) is 0 Å². The zero-order valence-electron chi connectivity index (χ0n) is 15.7. The first-order valence-electron chi connectivity index (χ1n) is 9.04. The van der Waals surface area contributed by atoms with Gasteiger partial charge in [-0.15, -0.1) is 0 Å². The summed E-state index contributed by atoms with van der Waals surface area (Å²) in [5, 5.41) is 2.80. The summed E-state index contributed by atoms with van der Waals surface area (Å²) in [6, 6.07) is 5.84. The second-order valence-corrected chi connectivity index (χ2v) is 6.69. The summed E-state index contributed by atoms with van der Waals surface area (Å²) >= 11 is 0. The van der Waals surface area contributed by atoms with E-state index >= 15 is 0 Å². The minimum absolute atomic E-state index is 0.0155. The van der Waals surface area contributed by atoms with Crippen LogP contribution < -0.4 is 10.2 Å². The number of benzene rings is 1. The van der Waals surface area contributed by atoms with Crippen LogP contribution in [-0.4, -0.2) is 62.7 Å². The van der Waals surface area contributed by atoms with Gasteiger partial charge in [-0.05, 0) is 30.2 Å². The molecule has 1 aromatic carbocycles. The first-order valence-corrected chi connectivity index (χ1v) is 9.04. The van der Waals surface area contributed by atoms with E-state index in [1.807, 2.05) is 13.8 Å². The predicted octanol–water partition coefficient (Wildman–Crippen LogP) is 1.65. The number of methoxy groups -OCH3 is 1. The van der Waals surface area contributed by atoms with Crippen LogP contribution in [0.3, 0.4) is 0 Å². The lowest BCUT2D eigenvalue weighted by molar-refractivity contribution is -0.146. The number of esters is 1. The Hall–Kier alpha value is -2.15. The average Bonchev–Trinajstić information content (AvgIpc) is 2.66. The number of carbonyl (C=O) groups is 2. The lowest BCUT2D eigenvalue weighted by atomic mass is 9.99. The molecule has 26 heavy (non-hydrogen) atoms. The summed E-state index contributed by atoms with van der Waals surface area (Å²) in [4.78, 5) is 28.4. The van der Waals surface area contributed by atoms with Crippen molar-refractivity contribution < 1.29 is 18.7 Å². The molecule has 6 nitrogen and oxygen atoms in total. The van der Waals surface area contributed by atoms with Crippen molar-refractivity contribution in [2.75, 3.05) is 44.7 Å². The maximum absolute atomic E-state index is 13.0. The molecule has 144 valence electrons. The number of anilines is 1. The topological polar surface area (TPSA) is 61.9 Å². The average molecular weight is 365 g/mol. The number of nitrogens with one attached hydrogen (secondary N) is 1. The molecule has 1 saturated heterocycles. The highest BCUT2D eigenvalue weighted by molar-refractivity contribution is 5.85. The van der Waals surface area contributed by atoms with E-state index in [9.17, 15) is 14.0 Å². The number of amides is 1. The third-order valence-electron chi connectivity index (χ3n) is 4.92. The quantitative estimate of drug-likeness (QED) is 0.745. The summed E-state index contributed by atoms with van der Waals surface area (Å²) in [6.07, 6.45) is 0.774. The fourth-order valence-electron chi connectivity index (χ4n) is 3.03. The monoisotopic (exact) mass is 365 g/mol. The number of rotatable bonds is 7. The minimum atomic E-state index is -0.613. The van der Waals surface area contributed by atoms with Crippen LogP contribution in [0, 0.1) is 11.7 Å². The van der Waals surface area contributed by atoms with Crippen LogP contribution in [0.4, 0.5) is 10.1 Å². The number of halogens is 1. The molecule has 1 aliphatic rings. The second-order valence-electron chi connectivity index (χ2n) is 6.69. The Morgan fingerprint density at radius 3 is 2.35 bits per heavy atom. The molecule has 1 aliphatic heterocycles. The molecule has 1 aromatic rings. The van der Waals surface area contributed by atoms with Crippen LogP contribution in [0.1, 0.15) is 20.3 Å². The summed E-state index contributed by atoms with van der Waals surface area (Å²) < 4.78 is 17.8. The summed E-state index contributed by atoms with van der Waals surface area (Å²) in [6.45, 7) is 7.15. The molecule has 7 heteroatoms. The van der Waals surface area contributed by atoms with Crippen molar-refractivity contribution in [3.05, 3.63) is 30.1 Å². The van der Waals surface area contributed by atoms with Crippen molar-refractivity contribution in [1.29, 1.82) is 0 Å². The molecule has 1 amide bonds. The first kappa shape index (κ1) is 20.2. The highest BCUT2D eigenvalue weighted by atomic mass is 19.1. The standard InChI is InChI=1S/C19H28FN3O3/c1-4-14(2)18(19(25)26-3)21-17(24)13-22-9-11-23(12-10-22)16-7-5-15(20)6-8-16/h5-8,14,18H,4,9-13H2,1-3H3,(H,21,24)/t14-,18+/m0/s1. The van der Waals surface area contributed by atoms with Crippen LogP contribution >= 0.6 is 0 Å². The number of piperazine rings is 1. The van der Waals surface area contributed by atoms with Gasteiger partial charge in [-0.3, -0.25) is 9.69 Å². The molecule has 1 heterocycles. The Kier molecular flexibility index (Phi) is 7.38. The van der Waals surface area contributed by atoms with Gasteiger partial charge in [0.05, 0.1) is 13.7 Å². The van der Waals surface area contributed by atoms with Crippen LogP contribution in [0.5, 0.6) is 0 Å². The Balaban J connectivity index is 1.83. The maximum Gasteiger partial charge on any atom is 0.328 e.